The van der Waals surface area contributed by atoms with Crippen molar-refractivity contribution in [1.29, 1.82) is 0 Å². The predicted molar refractivity (Wildman–Crippen MR) is 107 cm³/mol. The Balaban J connectivity index is 2.01. The second kappa shape index (κ2) is 9.22. The number of hydrogen-bond acceptors (Lipinski definition) is 4. The number of methoxy groups -OCH3 is 2. The highest BCUT2D eigenvalue weighted by Gasteiger charge is 2.28. The summed E-state index contributed by atoms with van der Waals surface area (Å²) in [6.07, 6.45) is 0.876. The van der Waals surface area contributed by atoms with Crippen LogP contribution in [0.1, 0.15) is 26.3 Å². The zero-order valence-electron chi connectivity index (χ0n) is 16.1. The number of ether oxygens (including phenoxy) is 2. The average molecular weight is 366 g/mol. The van der Waals surface area contributed by atoms with Gasteiger partial charge in [-0.25, -0.2) is 0 Å². The summed E-state index contributed by atoms with van der Waals surface area (Å²) >= 11 is 2.04. The average Bonchev–Trinajstić information content (AvgIpc) is 2.60. The Kier molecular flexibility index (Phi) is 7.29. The Morgan fingerprint density at radius 3 is 2.68 bits per heavy atom. The Hall–Kier alpha value is -1.56. The fourth-order valence-electron chi connectivity index (χ4n) is 2.95. The Morgan fingerprint density at radius 1 is 1.28 bits per heavy atom. The molecule has 0 radical (unpaired) electrons. The summed E-state index contributed by atoms with van der Waals surface area (Å²) in [7, 11) is 3.32. The number of guanidine groups is 1. The van der Waals surface area contributed by atoms with Crippen LogP contribution in [0, 0.1) is 0 Å². The van der Waals surface area contributed by atoms with Crippen molar-refractivity contribution in [3.8, 4) is 11.5 Å². The third-order valence-corrected chi connectivity index (χ3v) is 5.47. The summed E-state index contributed by atoms with van der Waals surface area (Å²) in [6, 6.07) is 6.06. The van der Waals surface area contributed by atoms with Gasteiger partial charge in [0.1, 0.15) is 0 Å². The molecule has 0 unspecified atom stereocenters. The highest BCUT2D eigenvalue weighted by molar-refractivity contribution is 8.00. The molecule has 0 amide bonds. The zero-order chi connectivity index (χ0) is 18.3. The molecule has 25 heavy (non-hydrogen) atoms. The normalized spacial score (nSPS) is 17.3. The summed E-state index contributed by atoms with van der Waals surface area (Å²) in [5.41, 5.74) is 1.20. The molecular formula is C19H31N3O2S. The van der Waals surface area contributed by atoms with Crippen LogP contribution in [0.25, 0.3) is 0 Å². The van der Waals surface area contributed by atoms with Gasteiger partial charge in [0.15, 0.2) is 17.5 Å². The van der Waals surface area contributed by atoms with Gasteiger partial charge in [-0.3, -0.25) is 4.99 Å². The van der Waals surface area contributed by atoms with Gasteiger partial charge in [0.25, 0.3) is 0 Å². The van der Waals surface area contributed by atoms with Crippen molar-refractivity contribution in [2.24, 2.45) is 4.99 Å². The van der Waals surface area contributed by atoms with Crippen LogP contribution in [-0.4, -0.2) is 61.8 Å². The minimum atomic E-state index is 0.276. The maximum absolute atomic E-state index is 5.38. The van der Waals surface area contributed by atoms with Crippen LogP contribution in [0.3, 0.4) is 0 Å². The first-order valence-electron chi connectivity index (χ1n) is 8.87. The lowest BCUT2D eigenvalue weighted by molar-refractivity contribution is 0.354. The van der Waals surface area contributed by atoms with E-state index in [-0.39, 0.29) is 4.75 Å². The molecule has 2 rings (SSSR count). The van der Waals surface area contributed by atoms with Crippen molar-refractivity contribution < 1.29 is 9.47 Å². The Morgan fingerprint density at radius 2 is 2.04 bits per heavy atom. The van der Waals surface area contributed by atoms with Gasteiger partial charge in [0, 0.05) is 36.7 Å². The Labute approximate surface area is 156 Å². The lowest BCUT2D eigenvalue weighted by Gasteiger charge is -2.39. The summed E-state index contributed by atoms with van der Waals surface area (Å²) in [6.45, 7) is 10.4. The minimum absolute atomic E-state index is 0.276. The SMILES string of the molecule is CCNC(=NCCc1ccc(OC)c(OC)c1)N1CCSC(C)(C)C1. The third-order valence-electron chi connectivity index (χ3n) is 4.17. The first-order valence-corrected chi connectivity index (χ1v) is 9.85. The van der Waals surface area contributed by atoms with E-state index in [1.807, 2.05) is 23.9 Å². The van der Waals surface area contributed by atoms with Crippen molar-refractivity contribution >= 4 is 17.7 Å². The van der Waals surface area contributed by atoms with Crippen molar-refractivity contribution in [3.05, 3.63) is 23.8 Å². The quantitative estimate of drug-likeness (QED) is 0.620. The third kappa shape index (κ3) is 5.73. The zero-order valence-corrected chi connectivity index (χ0v) is 16.9. The second-order valence-electron chi connectivity index (χ2n) is 6.70. The van der Waals surface area contributed by atoms with Crippen molar-refractivity contribution in [1.82, 2.24) is 10.2 Å². The molecule has 1 aliphatic heterocycles. The van der Waals surface area contributed by atoms with Gasteiger partial charge in [-0.1, -0.05) is 6.07 Å². The predicted octanol–water partition coefficient (Wildman–Crippen LogP) is 3.04. The molecule has 1 aromatic rings. The van der Waals surface area contributed by atoms with E-state index in [1.165, 1.54) is 5.56 Å². The number of nitrogens with zero attached hydrogens (tertiary/aromatic N) is 2. The first-order chi connectivity index (χ1) is 12.0. The van der Waals surface area contributed by atoms with Crippen LogP contribution < -0.4 is 14.8 Å². The molecule has 1 N–H and O–H groups in total. The van der Waals surface area contributed by atoms with Crippen molar-refractivity contribution in [2.45, 2.75) is 31.9 Å². The van der Waals surface area contributed by atoms with Crippen LogP contribution in [0.5, 0.6) is 11.5 Å². The van der Waals surface area contributed by atoms with E-state index in [1.54, 1.807) is 14.2 Å². The summed E-state index contributed by atoms with van der Waals surface area (Å²) in [5.74, 6) is 3.70. The Bertz CT molecular complexity index is 590. The van der Waals surface area contributed by atoms with Crippen LogP contribution in [-0.2, 0) is 6.42 Å². The van der Waals surface area contributed by atoms with Gasteiger partial charge >= 0.3 is 0 Å². The van der Waals surface area contributed by atoms with Crippen LogP contribution in [0.4, 0.5) is 0 Å². The molecule has 5 nitrogen and oxygen atoms in total. The lowest BCUT2D eigenvalue weighted by atomic mass is 10.1. The number of hydrogen-bond donors (Lipinski definition) is 1. The molecule has 0 atom stereocenters. The monoisotopic (exact) mass is 365 g/mol. The smallest absolute Gasteiger partial charge is 0.193 e. The summed E-state index contributed by atoms with van der Waals surface area (Å²) in [5, 5.41) is 3.44. The van der Waals surface area contributed by atoms with E-state index >= 15 is 0 Å². The molecule has 1 heterocycles. The summed E-state index contributed by atoms with van der Waals surface area (Å²) in [4.78, 5) is 7.23. The molecular weight excluding hydrogens is 334 g/mol. The number of benzene rings is 1. The number of aliphatic imine (C=N–C) groups is 1. The fourth-order valence-corrected chi connectivity index (χ4v) is 4.06. The summed E-state index contributed by atoms with van der Waals surface area (Å²) < 4.78 is 10.9. The fraction of sp³-hybridized carbons (Fsp3) is 0.632. The molecule has 0 saturated carbocycles. The van der Waals surface area contributed by atoms with E-state index in [0.29, 0.717) is 0 Å². The molecule has 1 aromatic carbocycles. The van der Waals surface area contributed by atoms with E-state index in [0.717, 1.165) is 55.8 Å². The lowest BCUT2D eigenvalue weighted by Crippen LogP contribution is -2.51. The van der Waals surface area contributed by atoms with E-state index < -0.39 is 0 Å². The first kappa shape index (κ1) is 19.8. The maximum atomic E-state index is 5.38. The van der Waals surface area contributed by atoms with Crippen LogP contribution in [0.15, 0.2) is 23.2 Å². The molecule has 0 spiro atoms. The van der Waals surface area contributed by atoms with E-state index in [9.17, 15) is 0 Å². The largest absolute Gasteiger partial charge is 0.493 e. The minimum Gasteiger partial charge on any atom is -0.493 e. The van der Waals surface area contributed by atoms with Crippen LogP contribution >= 0.6 is 11.8 Å². The highest BCUT2D eigenvalue weighted by atomic mass is 32.2. The molecule has 1 aliphatic rings. The molecule has 140 valence electrons. The van der Waals surface area contributed by atoms with Gasteiger partial charge in [-0.15, -0.1) is 0 Å². The number of nitrogens with one attached hydrogen (secondary N) is 1. The van der Waals surface area contributed by atoms with E-state index in [4.69, 9.17) is 14.5 Å². The van der Waals surface area contributed by atoms with Gasteiger partial charge in [0.2, 0.25) is 0 Å². The van der Waals surface area contributed by atoms with Gasteiger partial charge < -0.3 is 19.7 Å². The molecule has 0 aromatic heterocycles. The standard InChI is InChI=1S/C19H31N3O2S/c1-6-20-18(22-11-12-25-19(2,3)14-22)21-10-9-15-7-8-16(23-4)17(13-15)24-5/h7-8,13H,6,9-12,14H2,1-5H3,(H,20,21). The number of rotatable bonds is 6. The van der Waals surface area contributed by atoms with Crippen molar-refractivity contribution in [3.63, 3.8) is 0 Å². The molecule has 6 heteroatoms. The maximum Gasteiger partial charge on any atom is 0.193 e. The second-order valence-corrected chi connectivity index (χ2v) is 8.51. The van der Waals surface area contributed by atoms with Gasteiger partial charge in [0.05, 0.1) is 14.2 Å². The molecule has 1 saturated heterocycles. The highest BCUT2D eigenvalue weighted by Crippen LogP contribution is 2.29. The number of thioether (sulfide) groups is 1. The van der Waals surface area contributed by atoms with Gasteiger partial charge in [-0.2, -0.15) is 11.8 Å². The van der Waals surface area contributed by atoms with E-state index in [2.05, 4.69) is 37.1 Å². The molecule has 0 bridgehead atoms. The van der Waals surface area contributed by atoms with Crippen molar-refractivity contribution in [2.75, 3.05) is 46.2 Å². The van der Waals surface area contributed by atoms with Crippen LogP contribution in [0.2, 0.25) is 0 Å². The molecule has 1 fully saturated rings. The molecule has 0 aliphatic carbocycles. The van der Waals surface area contributed by atoms with Gasteiger partial charge in [-0.05, 0) is 44.9 Å². The topological polar surface area (TPSA) is 46.1 Å².